The standard InChI is InChI=1S/C14H19BrN2O2/c1-9-6-12(15)13(17-10(9)2)14(18)16-7-11-4-3-5-19-8-11/h6,11H,3-5,7-8H2,1-2H3,(H,16,18). The van der Waals surface area contributed by atoms with E-state index in [1.165, 1.54) is 0 Å². The van der Waals surface area contributed by atoms with Gasteiger partial charge in [0.2, 0.25) is 0 Å². The number of ether oxygens (including phenoxy) is 1. The molecule has 104 valence electrons. The summed E-state index contributed by atoms with van der Waals surface area (Å²) in [6.45, 7) is 6.12. The van der Waals surface area contributed by atoms with E-state index in [1.807, 2.05) is 19.9 Å². The van der Waals surface area contributed by atoms with Crippen molar-refractivity contribution in [1.82, 2.24) is 10.3 Å². The fourth-order valence-electron chi connectivity index (χ4n) is 2.12. The Kier molecular flexibility index (Phi) is 4.93. The maximum atomic E-state index is 12.1. The first-order chi connectivity index (χ1) is 9.08. The third kappa shape index (κ3) is 3.76. The number of aryl methyl sites for hydroxylation is 2. The monoisotopic (exact) mass is 326 g/mol. The molecule has 0 radical (unpaired) electrons. The number of hydrogen-bond donors (Lipinski definition) is 1. The van der Waals surface area contributed by atoms with Gasteiger partial charge in [-0.2, -0.15) is 0 Å². The van der Waals surface area contributed by atoms with Crippen molar-refractivity contribution in [2.75, 3.05) is 19.8 Å². The maximum absolute atomic E-state index is 12.1. The Hall–Kier alpha value is -0.940. The van der Waals surface area contributed by atoms with E-state index in [1.54, 1.807) is 0 Å². The summed E-state index contributed by atoms with van der Waals surface area (Å²) >= 11 is 3.40. The third-order valence-electron chi connectivity index (χ3n) is 3.44. The number of carbonyl (C=O) groups is 1. The molecule has 0 saturated carbocycles. The molecule has 1 aliphatic heterocycles. The van der Waals surface area contributed by atoms with Crippen LogP contribution < -0.4 is 5.32 Å². The Balaban J connectivity index is 1.97. The lowest BCUT2D eigenvalue weighted by Gasteiger charge is -2.22. The molecule has 1 amide bonds. The average molecular weight is 327 g/mol. The number of hydrogen-bond acceptors (Lipinski definition) is 3. The van der Waals surface area contributed by atoms with E-state index < -0.39 is 0 Å². The fourth-order valence-corrected chi connectivity index (χ4v) is 2.73. The van der Waals surface area contributed by atoms with Gasteiger partial charge in [0, 0.05) is 23.3 Å². The highest BCUT2D eigenvalue weighted by molar-refractivity contribution is 9.10. The van der Waals surface area contributed by atoms with Crippen LogP contribution >= 0.6 is 15.9 Å². The molecule has 4 nitrogen and oxygen atoms in total. The van der Waals surface area contributed by atoms with Crippen molar-refractivity contribution in [2.45, 2.75) is 26.7 Å². The van der Waals surface area contributed by atoms with Crippen molar-refractivity contribution in [2.24, 2.45) is 5.92 Å². The minimum absolute atomic E-state index is 0.124. The second kappa shape index (κ2) is 6.48. The third-order valence-corrected chi connectivity index (χ3v) is 4.05. The van der Waals surface area contributed by atoms with Gasteiger partial charge in [0.05, 0.1) is 6.61 Å². The maximum Gasteiger partial charge on any atom is 0.271 e. The van der Waals surface area contributed by atoms with Crippen LogP contribution in [0.1, 0.15) is 34.6 Å². The highest BCUT2D eigenvalue weighted by Crippen LogP contribution is 2.19. The van der Waals surface area contributed by atoms with Crippen LogP contribution in [0.4, 0.5) is 0 Å². The molecule has 5 heteroatoms. The summed E-state index contributed by atoms with van der Waals surface area (Å²) in [7, 11) is 0. The zero-order valence-corrected chi connectivity index (χ0v) is 12.9. The molecule has 1 aliphatic rings. The predicted molar refractivity (Wildman–Crippen MR) is 77.3 cm³/mol. The number of aromatic nitrogens is 1. The summed E-state index contributed by atoms with van der Waals surface area (Å²) < 4.78 is 6.15. The molecule has 19 heavy (non-hydrogen) atoms. The molecular weight excluding hydrogens is 308 g/mol. The van der Waals surface area contributed by atoms with E-state index in [-0.39, 0.29) is 5.91 Å². The van der Waals surface area contributed by atoms with Gasteiger partial charge in [-0.25, -0.2) is 4.98 Å². The molecule has 1 aromatic heterocycles. The summed E-state index contributed by atoms with van der Waals surface area (Å²) in [6, 6.07) is 1.93. The van der Waals surface area contributed by atoms with Gasteiger partial charge in [-0.3, -0.25) is 4.79 Å². The molecule has 0 aliphatic carbocycles. The molecule has 1 atom stereocenters. The molecule has 1 fully saturated rings. The minimum Gasteiger partial charge on any atom is -0.381 e. The number of rotatable bonds is 3. The van der Waals surface area contributed by atoms with Crippen LogP contribution in [0, 0.1) is 19.8 Å². The number of carbonyl (C=O) groups excluding carboxylic acids is 1. The fraction of sp³-hybridized carbons (Fsp3) is 0.571. The van der Waals surface area contributed by atoms with Crippen LogP contribution in [-0.4, -0.2) is 30.6 Å². The Morgan fingerprint density at radius 2 is 2.37 bits per heavy atom. The Morgan fingerprint density at radius 1 is 1.58 bits per heavy atom. The van der Waals surface area contributed by atoms with Crippen molar-refractivity contribution in [3.8, 4) is 0 Å². The number of halogens is 1. The largest absolute Gasteiger partial charge is 0.381 e. The molecule has 2 rings (SSSR count). The summed E-state index contributed by atoms with van der Waals surface area (Å²) in [5.41, 5.74) is 2.42. The molecule has 2 heterocycles. The molecule has 1 saturated heterocycles. The van der Waals surface area contributed by atoms with Gasteiger partial charge in [-0.1, -0.05) is 0 Å². The average Bonchev–Trinajstić information content (AvgIpc) is 2.41. The predicted octanol–water partition coefficient (Wildman–Crippen LogP) is 2.62. The van der Waals surface area contributed by atoms with Gasteiger partial charge in [-0.05, 0) is 60.2 Å². The van der Waals surface area contributed by atoms with Crippen LogP contribution in [0.5, 0.6) is 0 Å². The first-order valence-corrected chi connectivity index (χ1v) is 7.37. The second-order valence-corrected chi connectivity index (χ2v) is 5.87. The lowest BCUT2D eigenvalue weighted by molar-refractivity contribution is 0.0535. The van der Waals surface area contributed by atoms with Crippen LogP contribution in [0.2, 0.25) is 0 Å². The molecule has 0 bridgehead atoms. The van der Waals surface area contributed by atoms with Crippen LogP contribution in [0.15, 0.2) is 10.5 Å². The van der Waals surface area contributed by atoms with Gasteiger partial charge >= 0.3 is 0 Å². The zero-order valence-electron chi connectivity index (χ0n) is 11.3. The summed E-state index contributed by atoms with van der Waals surface area (Å²) in [6.07, 6.45) is 2.19. The van der Waals surface area contributed by atoms with Crippen molar-refractivity contribution < 1.29 is 9.53 Å². The van der Waals surface area contributed by atoms with Crippen molar-refractivity contribution in [3.05, 3.63) is 27.5 Å². The highest BCUT2D eigenvalue weighted by atomic mass is 79.9. The second-order valence-electron chi connectivity index (χ2n) is 5.01. The van der Waals surface area contributed by atoms with Crippen molar-refractivity contribution in [3.63, 3.8) is 0 Å². The Morgan fingerprint density at radius 3 is 3.05 bits per heavy atom. The molecule has 1 unspecified atom stereocenters. The SMILES string of the molecule is Cc1cc(Br)c(C(=O)NCC2CCCOC2)nc1C. The summed E-state index contributed by atoms with van der Waals surface area (Å²) in [5.74, 6) is 0.295. The first kappa shape index (κ1) is 14.5. The van der Waals surface area contributed by atoms with E-state index in [0.717, 1.165) is 41.8 Å². The van der Waals surface area contributed by atoms with Crippen molar-refractivity contribution >= 4 is 21.8 Å². The van der Waals surface area contributed by atoms with Gasteiger partial charge in [0.25, 0.3) is 5.91 Å². The smallest absolute Gasteiger partial charge is 0.271 e. The van der Waals surface area contributed by atoms with E-state index in [0.29, 0.717) is 18.2 Å². The highest BCUT2D eigenvalue weighted by Gasteiger charge is 2.17. The number of amides is 1. The summed E-state index contributed by atoms with van der Waals surface area (Å²) in [4.78, 5) is 16.5. The summed E-state index contributed by atoms with van der Waals surface area (Å²) in [5, 5.41) is 2.94. The quantitative estimate of drug-likeness (QED) is 0.928. The van der Waals surface area contributed by atoms with Crippen LogP contribution in [0.3, 0.4) is 0 Å². The van der Waals surface area contributed by atoms with Crippen LogP contribution in [0.25, 0.3) is 0 Å². The van der Waals surface area contributed by atoms with E-state index in [4.69, 9.17) is 4.74 Å². The minimum atomic E-state index is -0.124. The van der Waals surface area contributed by atoms with Gasteiger partial charge in [0.1, 0.15) is 5.69 Å². The zero-order chi connectivity index (χ0) is 13.8. The molecule has 1 N–H and O–H groups in total. The molecule has 0 aromatic carbocycles. The Bertz CT molecular complexity index is 471. The number of pyridine rings is 1. The number of nitrogens with zero attached hydrogens (tertiary/aromatic N) is 1. The molecular formula is C14H19BrN2O2. The normalized spacial score (nSPS) is 19.2. The topological polar surface area (TPSA) is 51.2 Å². The van der Waals surface area contributed by atoms with Gasteiger partial charge in [-0.15, -0.1) is 0 Å². The lowest BCUT2D eigenvalue weighted by Crippen LogP contribution is -2.33. The Labute approximate surface area is 122 Å². The lowest BCUT2D eigenvalue weighted by atomic mass is 10.0. The molecule has 0 spiro atoms. The van der Waals surface area contributed by atoms with Crippen molar-refractivity contribution in [1.29, 1.82) is 0 Å². The van der Waals surface area contributed by atoms with E-state index >= 15 is 0 Å². The van der Waals surface area contributed by atoms with Gasteiger partial charge < -0.3 is 10.1 Å². The molecule has 1 aromatic rings. The van der Waals surface area contributed by atoms with Gasteiger partial charge in [0.15, 0.2) is 0 Å². The van der Waals surface area contributed by atoms with Crippen LogP contribution in [-0.2, 0) is 4.74 Å². The van der Waals surface area contributed by atoms with E-state index in [9.17, 15) is 4.79 Å². The van der Waals surface area contributed by atoms with E-state index in [2.05, 4.69) is 26.2 Å². The number of nitrogens with one attached hydrogen (secondary N) is 1. The first-order valence-electron chi connectivity index (χ1n) is 6.57.